The molecule has 0 spiro atoms. The summed E-state index contributed by atoms with van der Waals surface area (Å²) in [7, 11) is 0. The van der Waals surface area contributed by atoms with E-state index in [0.717, 1.165) is 12.1 Å². The van der Waals surface area contributed by atoms with E-state index < -0.39 is 11.6 Å². The van der Waals surface area contributed by atoms with E-state index in [1.54, 1.807) is 6.07 Å². The molecule has 1 N–H and O–H groups in total. The molecule has 0 aliphatic carbocycles. The summed E-state index contributed by atoms with van der Waals surface area (Å²) in [5.74, 6) is -1.58. The Morgan fingerprint density at radius 3 is 2.43 bits per heavy atom. The summed E-state index contributed by atoms with van der Waals surface area (Å²) in [5, 5.41) is 19.7. The number of aliphatic hydroxyl groups excluding tert-OH is 1. The topological polar surface area (TPSA) is 64.2 Å². The summed E-state index contributed by atoms with van der Waals surface area (Å²) >= 11 is 0. The molecule has 1 aromatic heterocycles. The maximum absolute atomic E-state index is 13.3. The van der Waals surface area contributed by atoms with Crippen LogP contribution in [0, 0.1) is 22.9 Å². The zero-order valence-electron chi connectivity index (χ0n) is 12.4. The van der Waals surface area contributed by atoms with Gasteiger partial charge >= 0.3 is 19.8 Å². The minimum absolute atomic E-state index is 0. The Labute approximate surface area is 145 Å². The van der Waals surface area contributed by atoms with Gasteiger partial charge < -0.3 is 10.3 Å². The van der Waals surface area contributed by atoms with Gasteiger partial charge in [0.15, 0.2) is 12.0 Å². The molecule has 2 aromatic rings. The van der Waals surface area contributed by atoms with Crippen LogP contribution >= 0.6 is 0 Å². The Balaban J connectivity index is 0.000000522. The van der Waals surface area contributed by atoms with Gasteiger partial charge in [-0.15, -0.1) is 12.1 Å². The first-order valence-corrected chi connectivity index (χ1v) is 6.24. The molecule has 1 aromatic carbocycles. The number of hydrogen-bond donors (Lipinski definition) is 1. The van der Waals surface area contributed by atoms with Crippen LogP contribution in [0.3, 0.4) is 0 Å². The zero-order valence-corrected chi connectivity index (χ0v) is 14.9. The molecule has 7 heteroatoms. The zero-order chi connectivity index (χ0) is 16.7. The third-order valence-electron chi connectivity index (χ3n) is 2.35. The molecule has 0 saturated carbocycles. The summed E-state index contributed by atoms with van der Waals surface area (Å²) in [6, 6.07) is 8.67. The van der Waals surface area contributed by atoms with Crippen LogP contribution < -0.4 is 4.73 Å². The van der Waals surface area contributed by atoms with Crippen molar-refractivity contribution in [3.05, 3.63) is 71.3 Å². The largest absolute Gasteiger partial charge is 1.00 e. The smallest absolute Gasteiger partial charge is 0.627 e. The van der Waals surface area contributed by atoms with Gasteiger partial charge in [-0.1, -0.05) is 12.1 Å². The first kappa shape index (κ1) is 20.9. The van der Waals surface area contributed by atoms with E-state index in [0.29, 0.717) is 4.73 Å². The van der Waals surface area contributed by atoms with Crippen molar-refractivity contribution < 1.29 is 43.2 Å². The average molecular weight is 497 g/mol. The SMILES string of the molecule is CC(=O)/C=C(/C)O.[O-][n+]1ccccc1-c1[c-]cc(F)cc1F.[Os+]. The molecule has 1 radical (unpaired) electrons. The maximum Gasteiger partial charge on any atom is 1.00 e. The molecule has 1 heterocycles. The number of ketones is 1. The number of carbonyl (C=O) groups excluding carboxylic acids is 1. The first-order chi connectivity index (χ1) is 10.3. The second-order valence-electron chi connectivity index (χ2n) is 4.35. The molecular formula is C16H14F2NO3Os. The molecule has 0 aliphatic heterocycles. The van der Waals surface area contributed by atoms with Crippen LogP contribution in [0.25, 0.3) is 11.3 Å². The predicted molar refractivity (Wildman–Crippen MR) is 76.7 cm³/mol. The monoisotopic (exact) mass is 498 g/mol. The number of nitrogens with zero attached hydrogens (tertiary/aromatic N) is 1. The summed E-state index contributed by atoms with van der Waals surface area (Å²) in [6.07, 6.45) is 2.41. The van der Waals surface area contributed by atoms with Crippen molar-refractivity contribution in [2.75, 3.05) is 0 Å². The normalized spacial score (nSPS) is 10.2. The fourth-order valence-corrected chi connectivity index (χ4v) is 1.56. The van der Waals surface area contributed by atoms with Crippen LogP contribution in [0.4, 0.5) is 8.78 Å². The summed E-state index contributed by atoms with van der Waals surface area (Å²) in [4.78, 5) is 10.0. The van der Waals surface area contributed by atoms with E-state index in [4.69, 9.17) is 5.11 Å². The molecule has 0 fully saturated rings. The quantitative estimate of drug-likeness (QED) is 0.229. The standard InChI is InChI=1S/C11H6F2NO.C5H8O2.Os/c12-8-4-5-9(10(13)7-8)11-3-1-2-6-14(11)15;1-4(6)3-5(2)7;/h1-4,6-7H;3,6H,1-2H3;/q-1;;+1/b;4-3-;. The van der Waals surface area contributed by atoms with Crippen LogP contribution in [0.5, 0.6) is 0 Å². The number of aliphatic hydroxyl groups is 1. The Hall–Kier alpha value is -2.12. The van der Waals surface area contributed by atoms with E-state index >= 15 is 0 Å². The van der Waals surface area contributed by atoms with E-state index in [9.17, 15) is 18.8 Å². The number of allylic oxidation sites excluding steroid dienone is 2. The predicted octanol–water partition coefficient (Wildman–Crippen LogP) is 3.10. The summed E-state index contributed by atoms with van der Waals surface area (Å²) < 4.78 is 26.4. The molecule has 0 saturated heterocycles. The fraction of sp³-hybridized carbons (Fsp3) is 0.125. The van der Waals surface area contributed by atoms with Crippen LogP contribution in [0.15, 0.2) is 48.4 Å². The van der Waals surface area contributed by atoms with Gasteiger partial charge in [0.05, 0.1) is 5.76 Å². The van der Waals surface area contributed by atoms with Gasteiger partial charge in [0.25, 0.3) is 0 Å². The molecular weight excluding hydrogens is 482 g/mol. The van der Waals surface area contributed by atoms with Crippen LogP contribution in [0.2, 0.25) is 0 Å². The minimum Gasteiger partial charge on any atom is -0.627 e. The number of rotatable bonds is 2. The molecule has 0 bridgehead atoms. The number of pyridine rings is 1. The number of benzene rings is 1. The van der Waals surface area contributed by atoms with Crippen LogP contribution in [-0.4, -0.2) is 10.9 Å². The van der Waals surface area contributed by atoms with E-state index in [1.807, 2.05) is 0 Å². The van der Waals surface area contributed by atoms with Gasteiger partial charge in [-0.3, -0.25) is 13.6 Å². The molecule has 0 unspecified atom stereocenters. The second-order valence-corrected chi connectivity index (χ2v) is 4.35. The number of aromatic nitrogens is 1. The van der Waals surface area contributed by atoms with Crippen molar-refractivity contribution in [3.63, 3.8) is 0 Å². The van der Waals surface area contributed by atoms with Crippen molar-refractivity contribution in [1.82, 2.24) is 0 Å². The Morgan fingerprint density at radius 2 is 2.00 bits per heavy atom. The van der Waals surface area contributed by atoms with Crippen molar-refractivity contribution >= 4 is 5.78 Å². The van der Waals surface area contributed by atoms with E-state index in [2.05, 4.69) is 6.07 Å². The second kappa shape index (κ2) is 9.80. The van der Waals surface area contributed by atoms with Crippen LogP contribution in [0.1, 0.15) is 13.8 Å². The van der Waals surface area contributed by atoms with Crippen LogP contribution in [-0.2, 0) is 24.6 Å². The molecule has 0 atom stereocenters. The number of carbonyl (C=O) groups is 1. The minimum atomic E-state index is -0.800. The molecule has 4 nitrogen and oxygen atoms in total. The first-order valence-electron chi connectivity index (χ1n) is 6.24. The van der Waals surface area contributed by atoms with E-state index in [1.165, 1.54) is 38.3 Å². The summed E-state index contributed by atoms with van der Waals surface area (Å²) in [5.41, 5.74) is 0.0713. The Morgan fingerprint density at radius 1 is 1.35 bits per heavy atom. The van der Waals surface area contributed by atoms with Gasteiger partial charge in [0, 0.05) is 23.8 Å². The molecule has 123 valence electrons. The van der Waals surface area contributed by atoms with Crippen molar-refractivity contribution in [3.8, 4) is 11.3 Å². The van der Waals surface area contributed by atoms with Crippen molar-refractivity contribution in [2.45, 2.75) is 13.8 Å². The fourth-order valence-electron chi connectivity index (χ4n) is 1.56. The Bertz CT molecular complexity index is 701. The van der Waals surface area contributed by atoms with Gasteiger partial charge in [0.1, 0.15) is 5.69 Å². The molecule has 0 aliphatic rings. The Kier molecular flexibility index (Phi) is 8.90. The molecule has 0 amide bonds. The number of halogens is 2. The van der Waals surface area contributed by atoms with E-state index in [-0.39, 0.29) is 42.6 Å². The summed E-state index contributed by atoms with van der Waals surface area (Å²) in [6.45, 7) is 2.85. The number of hydrogen-bond acceptors (Lipinski definition) is 3. The van der Waals surface area contributed by atoms with Gasteiger partial charge in [-0.2, -0.15) is 0 Å². The third kappa shape index (κ3) is 7.12. The van der Waals surface area contributed by atoms with Crippen molar-refractivity contribution in [2.24, 2.45) is 0 Å². The average Bonchev–Trinajstić information content (AvgIpc) is 2.39. The van der Waals surface area contributed by atoms with Gasteiger partial charge in [-0.05, 0) is 25.5 Å². The van der Waals surface area contributed by atoms with Gasteiger partial charge in [-0.25, -0.2) is 4.73 Å². The third-order valence-corrected chi connectivity index (χ3v) is 2.35. The molecule has 2 rings (SSSR count). The maximum atomic E-state index is 13.3. The van der Waals surface area contributed by atoms with Crippen molar-refractivity contribution in [1.29, 1.82) is 0 Å². The molecule has 23 heavy (non-hydrogen) atoms. The van der Waals surface area contributed by atoms with Gasteiger partial charge in [0.2, 0.25) is 0 Å².